The zero-order valence-corrected chi connectivity index (χ0v) is 12.7. The topological polar surface area (TPSA) is 22.0 Å². The van der Waals surface area contributed by atoms with Crippen molar-refractivity contribution < 1.29 is 8.78 Å². The van der Waals surface area contributed by atoms with E-state index in [1.807, 2.05) is 0 Å². The lowest BCUT2D eigenvalue weighted by Crippen LogP contribution is -2.24. The van der Waals surface area contributed by atoms with E-state index in [0.717, 1.165) is 5.39 Å². The molecule has 1 heterocycles. The van der Waals surface area contributed by atoms with Crippen molar-refractivity contribution in [3.8, 4) is 0 Å². The van der Waals surface area contributed by atoms with Gasteiger partial charge in [0.05, 0.1) is 0 Å². The van der Waals surface area contributed by atoms with Gasteiger partial charge in [0.2, 0.25) is 5.92 Å². The van der Waals surface area contributed by atoms with Gasteiger partial charge >= 0.3 is 0 Å². The van der Waals surface area contributed by atoms with Crippen molar-refractivity contribution in [2.45, 2.75) is 31.2 Å². The molecule has 0 amide bonds. The standard InChI is InChI=1S/C14H11BrClF2NO/c15-12-7-19(9-3-4-14(17,18)6-9)13(20)11-5-8(16)1-2-10(11)12/h1-2,5,7,9H,3-4,6H2/t9-/m1/s1. The van der Waals surface area contributed by atoms with Gasteiger partial charge in [-0.1, -0.05) is 17.7 Å². The van der Waals surface area contributed by atoms with Crippen LogP contribution in [0.3, 0.4) is 0 Å². The van der Waals surface area contributed by atoms with Crippen LogP contribution in [0.4, 0.5) is 8.78 Å². The summed E-state index contributed by atoms with van der Waals surface area (Å²) in [5.41, 5.74) is -0.270. The molecule has 3 rings (SSSR count). The lowest BCUT2D eigenvalue weighted by atomic mass is 10.1. The number of aromatic nitrogens is 1. The molecule has 1 fully saturated rings. The van der Waals surface area contributed by atoms with Crippen molar-refractivity contribution in [1.82, 2.24) is 4.57 Å². The summed E-state index contributed by atoms with van der Waals surface area (Å²) in [5.74, 6) is -2.68. The zero-order chi connectivity index (χ0) is 14.5. The summed E-state index contributed by atoms with van der Waals surface area (Å²) in [6.45, 7) is 0. The Bertz CT molecular complexity index is 744. The molecule has 0 N–H and O–H groups in total. The number of pyridine rings is 1. The molecule has 2 aromatic rings. The van der Waals surface area contributed by atoms with E-state index in [-0.39, 0.29) is 18.4 Å². The summed E-state index contributed by atoms with van der Waals surface area (Å²) < 4.78 is 28.8. The van der Waals surface area contributed by atoms with Crippen molar-refractivity contribution in [3.63, 3.8) is 0 Å². The summed E-state index contributed by atoms with van der Waals surface area (Å²) in [6, 6.07) is 4.56. The molecule has 1 saturated carbocycles. The van der Waals surface area contributed by atoms with E-state index in [4.69, 9.17) is 11.6 Å². The van der Waals surface area contributed by atoms with Crippen LogP contribution in [0.1, 0.15) is 25.3 Å². The first-order valence-corrected chi connectivity index (χ1v) is 7.42. The van der Waals surface area contributed by atoms with Gasteiger partial charge in [-0.2, -0.15) is 0 Å². The van der Waals surface area contributed by atoms with Crippen LogP contribution in [0.25, 0.3) is 10.8 Å². The molecule has 6 heteroatoms. The van der Waals surface area contributed by atoms with Gasteiger partial charge in [-0.05, 0) is 34.5 Å². The second-order valence-electron chi connectivity index (χ2n) is 5.13. The van der Waals surface area contributed by atoms with E-state index in [2.05, 4.69) is 15.9 Å². The van der Waals surface area contributed by atoms with E-state index in [0.29, 0.717) is 21.3 Å². The molecule has 20 heavy (non-hydrogen) atoms. The van der Waals surface area contributed by atoms with Crippen molar-refractivity contribution in [3.05, 3.63) is 44.2 Å². The molecule has 1 aromatic heterocycles. The second-order valence-corrected chi connectivity index (χ2v) is 6.42. The zero-order valence-electron chi connectivity index (χ0n) is 10.4. The van der Waals surface area contributed by atoms with Crippen LogP contribution in [0.2, 0.25) is 5.02 Å². The molecule has 0 saturated heterocycles. The minimum atomic E-state index is -2.68. The van der Waals surface area contributed by atoms with E-state index in [1.54, 1.807) is 24.4 Å². The molecule has 1 atom stereocenters. The summed E-state index contributed by atoms with van der Waals surface area (Å²) in [4.78, 5) is 12.5. The van der Waals surface area contributed by atoms with Crippen LogP contribution in [0.5, 0.6) is 0 Å². The molecule has 106 valence electrons. The van der Waals surface area contributed by atoms with Gasteiger partial charge in [0.15, 0.2) is 0 Å². The highest BCUT2D eigenvalue weighted by Gasteiger charge is 2.40. The van der Waals surface area contributed by atoms with Crippen LogP contribution in [0.15, 0.2) is 33.7 Å². The number of alkyl halides is 2. The first-order chi connectivity index (χ1) is 9.37. The van der Waals surface area contributed by atoms with Crippen LogP contribution in [0, 0.1) is 0 Å². The smallest absolute Gasteiger partial charge is 0.258 e. The Morgan fingerprint density at radius 3 is 2.75 bits per heavy atom. The number of hydrogen-bond acceptors (Lipinski definition) is 1. The normalized spacial score (nSPS) is 21.5. The van der Waals surface area contributed by atoms with Crippen molar-refractivity contribution >= 4 is 38.3 Å². The Morgan fingerprint density at radius 2 is 2.10 bits per heavy atom. The number of hydrogen-bond donors (Lipinski definition) is 0. The SMILES string of the molecule is O=c1c2cc(Cl)ccc2c(Br)cn1[C@@H]1CCC(F)(F)C1. The maximum atomic E-state index is 13.3. The third kappa shape index (κ3) is 2.37. The Balaban J connectivity index is 2.18. The predicted octanol–water partition coefficient (Wildman–Crippen LogP) is 4.78. The van der Waals surface area contributed by atoms with Gasteiger partial charge in [0, 0.05) is 45.3 Å². The molecule has 0 radical (unpaired) electrons. The minimum Gasteiger partial charge on any atom is -0.311 e. The minimum absolute atomic E-state index is 0.171. The quantitative estimate of drug-likeness (QED) is 0.716. The Labute approximate surface area is 127 Å². The highest BCUT2D eigenvalue weighted by atomic mass is 79.9. The highest BCUT2D eigenvalue weighted by Crippen LogP contribution is 2.41. The molecular formula is C14H11BrClF2NO. The molecule has 0 spiro atoms. The lowest BCUT2D eigenvalue weighted by molar-refractivity contribution is 0.00553. The molecule has 0 unspecified atom stereocenters. The largest absolute Gasteiger partial charge is 0.311 e. The monoisotopic (exact) mass is 361 g/mol. The van der Waals surface area contributed by atoms with Gasteiger partial charge < -0.3 is 4.57 Å². The van der Waals surface area contributed by atoms with Crippen LogP contribution in [-0.2, 0) is 0 Å². The summed E-state index contributed by atoms with van der Waals surface area (Å²) in [7, 11) is 0. The van der Waals surface area contributed by atoms with E-state index >= 15 is 0 Å². The third-order valence-corrected chi connectivity index (χ3v) is 4.59. The molecule has 1 aliphatic carbocycles. The van der Waals surface area contributed by atoms with Crippen LogP contribution in [-0.4, -0.2) is 10.5 Å². The molecule has 0 aliphatic heterocycles. The number of halogens is 4. The predicted molar refractivity (Wildman–Crippen MR) is 78.8 cm³/mol. The molecule has 0 bridgehead atoms. The van der Waals surface area contributed by atoms with Crippen molar-refractivity contribution in [1.29, 1.82) is 0 Å². The average Bonchev–Trinajstić information content (AvgIpc) is 2.74. The van der Waals surface area contributed by atoms with Gasteiger partial charge in [-0.25, -0.2) is 8.78 Å². The van der Waals surface area contributed by atoms with Gasteiger partial charge in [-0.3, -0.25) is 4.79 Å². The van der Waals surface area contributed by atoms with Gasteiger partial charge in [0.1, 0.15) is 0 Å². The maximum Gasteiger partial charge on any atom is 0.258 e. The lowest BCUT2D eigenvalue weighted by Gasteiger charge is -2.16. The molecule has 1 aromatic carbocycles. The highest BCUT2D eigenvalue weighted by molar-refractivity contribution is 9.10. The maximum absolute atomic E-state index is 13.3. The number of benzene rings is 1. The Morgan fingerprint density at radius 1 is 1.35 bits per heavy atom. The Kier molecular flexibility index (Phi) is 3.37. The fraction of sp³-hybridized carbons (Fsp3) is 0.357. The number of rotatable bonds is 1. The number of nitrogens with zero attached hydrogens (tertiary/aromatic N) is 1. The Hall–Kier alpha value is -0.940. The molecular weight excluding hydrogens is 352 g/mol. The third-order valence-electron chi connectivity index (χ3n) is 3.73. The fourth-order valence-corrected chi connectivity index (χ4v) is 3.46. The summed E-state index contributed by atoms with van der Waals surface area (Å²) in [6.07, 6.45) is 1.46. The van der Waals surface area contributed by atoms with Gasteiger partial charge in [0.25, 0.3) is 5.56 Å². The van der Waals surface area contributed by atoms with E-state index in [9.17, 15) is 13.6 Å². The van der Waals surface area contributed by atoms with E-state index in [1.165, 1.54) is 4.57 Å². The molecule has 2 nitrogen and oxygen atoms in total. The summed E-state index contributed by atoms with van der Waals surface area (Å²) in [5, 5.41) is 1.64. The van der Waals surface area contributed by atoms with Crippen LogP contribution >= 0.6 is 27.5 Å². The van der Waals surface area contributed by atoms with E-state index < -0.39 is 12.0 Å². The van der Waals surface area contributed by atoms with Crippen molar-refractivity contribution in [2.24, 2.45) is 0 Å². The fourth-order valence-electron chi connectivity index (χ4n) is 2.73. The average molecular weight is 363 g/mol. The van der Waals surface area contributed by atoms with Gasteiger partial charge in [-0.15, -0.1) is 0 Å². The first-order valence-electron chi connectivity index (χ1n) is 6.25. The first kappa shape index (κ1) is 14.0. The van der Waals surface area contributed by atoms with Crippen LogP contribution < -0.4 is 5.56 Å². The summed E-state index contributed by atoms with van der Waals surface area (Å²) >= 11 is 9.31. The van der Waals surface area contributed by atoms with Crippen molar-refractivity contribution in [2.75, 3.05) is 0 Å². The number of fused-ring (bicyclic) bond motifs is 1. The molecule has 1 aliphatic rings. The second kappa shape index (κ2) is 4.81.